The van der Waals surface area contributed by atoms with Crippen LogP contribution >= 0.6 is 0 Å². The summed E-state index contributed by atoms with van der Waals surface area (Å²) in [7, 11) is 0. The minimum atomic E-state index is -1.03. The molecule has 2 bridgehead atoms. The van der Waals surface area contributed by atoms with Crippen molar-refractivity contribution in [2.75, 3.05) is 13.1 Å². The van der Waals surface area contributed by atoms with Crippen molar-refractivity contribution in [1.82, 2.24) is 9.80 Å². The fourth-order valence-electron chi connectivity index (χ4n) is 9.23. The number of ether oxygens (including phenoxy) is 2. The Morgan fingerprint density at radius 3 is 2.60 bits per heavy atom. The second-order valence-corrected chi connectivity index (χ2v) is 13.3. The van der Waals surface area contributed by atoms with E-state index >= 15 is 0 Å². The lowest BCUT2D eigenvalue weighted by molar-refractivity contribution is -0.204. The van der Waals surface area contributed by atoms with Crippen LogP contribution in [0.15, 0.2) is 66.7 Å². The van der Waals surface area contributed by atoms with Crippen LogP contribution in [-0.4, -0.2) is 62.8 Å². The van der Waals surface area contributed by atoms with Crippen molar-refractivity contribution in [2.45, 2.75) is 80.6 Å². The molecule has 1 spiro atoms. The van der Waals surface area contributed by atoms with Gasteiger partial charge in [-0.1, -0.05) is 54.6 Å². The first-order chi connectivity index (χ1) is 20.5. The molecule has 3 aromatic rings. The predicted molar refractivity (Wildman–Crippen MR) is 155 cm³/mol. The van der Waals surface area contributed by atoms with E-state index in [1.165, 1.54) is 18.4 Å². The first-order valence-corrected chi connectivity index (χ1v) is 15.6. The van der Waals surface area contributed by atoms with Gasteiger partial charge in [0.05, 0.1) is 17.1 Å². The van der Waals surface area contributed by atoms with Gasteiger partial charge in [0.2, 0.25) is 0 Å². The summed E-state index contributed by atoms with van der Waals surface area (Å²) in [6.45, 7) is 2.34. The van der Waals surface area contributed by atoms with Gasteiger partial charge in [-0.2, -0.15) is 0 Å². The molecular formula is C35H36N2O5. The quantitative estimate of drug-likeness (QED) is 0.464. The van der Waals surface area contributed by atoms with Crippen molar-refractivity contribution in [3.63, 3.8) is 0 Å². The SMILES string of the molecule is O=C1c2ccccc2C(O)N1[C@@H]1CC[C@@]2(O)[C@@H]3Cc4ccc(OCc5ccccc5)c5c4[C@@]2(CCN3CC2CC2)[C@H]1O5. The van der Waals surface area contributed by atoms with Crippen LogP contribution in [0.1, 0.15) is 70.9 Å². The molecule has 9 rings (SSSR count). The molecule has 0 aromatic heterocycles. The molecule has 1 saturated heterocycles. The van der Waals surface area contributed by atoms with Crippen LogP contribution in [0.25, 0.3) is 0 Å². The minimum Gasteiger partial charge on any atom is -0.485 e. The van der Waals surface area contributed by atoms with E-state index in [0.29, 0.717) is 42.1 Å². The number of hydrogen-bond donors (Lipinski definition) is 2. The summed E-state index contributed by atoms with van der Waals surface area (Å²) in [4.78, 5) is 18.0. The number of benzene rings is 3. The number of amides is 1. The predicted octanol–water partition coefficient (Wildman–Crippen LogP) is 4.35. The number of nitrogens with zero attached hydrogens (tertiary/aromatic N) is 2. The Morgan fingerprint density at radius 1 is 0.976 bits per heavy atom. The van der Waals surface area contributed by atoms with Gasteiger partial charge in [0.1, 0.15) is 12.7 Å². The highest BCUT2D eigenvalue weighted by Gasteiger charge is 2.74. The van der Waals surface area contributed by atoms with Gasteiger partial charge in [-0.3, -0.25) is 9.69 Å². The lowest BCUT2D eigenvalue weighted by Gasteiger charge is -2.64. The second-order valence-electron chi connectivity index (χ2n) is 13.3. The number of likely N-dealkylation sites (tertiary alicyclic amines) is 1. The lowest BCUT2D eigenvalue weighted by Crippen LogP contribution is -2.78. The zero-order valence-electron chi connectivity index (χ0n) is 23.6. The van der Waals surface area contributed by atoms with E-state index in [2.05, 4.69) is 11.0 Å². The molecule has 3 aliphatic heterocycles. The van der Waals surface area contributed by atoms with Crippen molar-refractivity contribution >= 4 is 5.91 Å². The maximum Gasteiger partial charge on any atom is 0.256 e. The molecule has 2 saturated carbocycles. The van der Waals surface area contributed by atoms with E-state index < -0.39 is 23.3 Å². The largest absolute Gasteiger partial charge is 0.485 e. The van der Waals surface area contributed by atoms with E-state index in [-0.39, 0.29) is 18.0 Å². The van der Waals surface area contributed by atoms with Crippen LogP contribution in [0.2, 0.25) is 0 Å². The van der Waals surface area contributed by atoms with Crippen LogP contribution in [0.3, 0.4) is 0 Å². The van der Waals surface area contributed by atoms with Crippen molar-refractivity contribution in [3.05, 3.63) is 94.5 Å². The summed E-state index contributed by atoms with van der Waals surface area (Å²) >= 11 is 0. The monoisotopic (exact) mass is 564 g/mol. The van der Waals surface area contributed by atoms with Gasteiger partial charge in [0.15, 0.2) is 17.7 Å². The molecule has 216 valence electrons. The van der Waals surface area contributed by atoms with E-state index in [1.807, 2.05) is 54.6 Å². The number of hydrogen-bond acceptors (Lipinski definition) is 6. The molecule has 1 amide bonds. The van der Waals surface area contributed by atoms with Crippen molar-refractivity contribution in [1.29, 1.82) is 0 Å². The molecule has 0 radical (unpaired) electrons. The van der Waals surface area contributed by atoms with Gasteiger partial charge in [-0.05, 0) is 74.2 Å². The number of piperidine rings is 1. The van der Waals surface area contributed by atoms with Crippen LogP contribution in [0.5, 0.6) is 11.5 Å². The van der Waals surface area contributed by atoms with Gasteiger partial charge in [-0.25, -0.2) is 0 Å². The van der Waals surface area contributed by atoms with Crippen LogP contribution in [-0.2, 0) is 18.4 Å². The maximum absolute atomic E-state index is 13.8. The summed E-state index contributed by atoms with van der Waals surface area (Å²) in [5.74, 6) is 1.96. The molecule has 42 heavy (non-hydrogen) atoms. The Bertz CT molecular complexity index is 1590. The number of aliphatic hydroxyl groups excluding tert-OH is 1. The molecule has 6 atom stereocenters. The van der Waals surface area contributed by atoms with Crippen LogP contribution < -0.4 is 9.47 Å². The van der Waals surface area contributed by atoms with Crippen molar-refractivity contribution in [2.24, 2.45) is 5.92 Å². The molecule has 3 aliphatic carbocycles. The molecular weight excluding hydrogens is 528 g/mol. The Hall–Kier alpha value is -3.39. The molecule has 3 heterocycles. The van der Waals surface area contributed by atoms with Gasteiger partial charge in [0.25, 0.3) is 5.91 Å². The smallest absolute Gasteiger partial charge is 0.256 e. The highest BCUT2D eigenvalue weighted by atomic mass is 16.5. The fourth-order valence-corrected chi connectivity index (χ4v) is 9.23. The number of carbonyl (C=O) groups is 1. The summed E-state index contributed by atoms with van der Waals surface area (Å²) in [6.07, 6.45) is 3.70. The topological polar surface area (TPSA) is 82.5 Å². The van der Waals surface area contributed by atoms with Gasteiger partial charge < -0.3 is 24.6 Å². The van der Waals surface area contributed by atoms with Crippen molar-refractivity contribution < 1.29 is 24.5 Å². The molecule has 1 unspecified atom stereocenters. The summed E-state index contributed by atoms with van der Waals surface area (Å²) in [5, 5.41) is 24.4. The second kappa shape index (κ2) is 8.82. The highest BCUT2D eigenvalue weighted by Crippen LogP contribution is 2.66. The number of aliphatic hydroxyl groups is 2. The molecule has 6 aliphatic rings. The van der Waals surface area contributed by atoms with E-state index in [4.69, 9.17) is 9.47 Å². The van der Waals surface area contributed by atoms with E-state index in [1.54, 1.807) is 11.0 Å². The Labute approximate surface area is 245 Å². The summed E-state index contributed by atoms with van der Waals surface area (Å²) in [5.41, 5.74) is 2.89. The van der Waals surface area contributed by atoms with Crippen LogP contribution in [0.4, 0.5) is 0 Å². The number of carbonyl (C=O) groups excluding carboxylic acids is 1. The average molecular weight is 565 g/mol. The standard InChI is InChI=1S/C35H36N2O5/c38-32-24-8-4-5-9-25(24)33(39)37(32)26-14-15-35(40)28-18-23-12-13-27(41-20-22-6-2-1-3-7-22)30-29(23)34(35,31(26)42-30)16-17-36(28)19-21-10-11-21/h1-9,12-13,21,26,28,31-32,38,40H,10-11,14-20H2/t26-,28+,31+,32?,34+,35-/m1/s1. The Kier molecular flexibility index (Phi) is 5.28. The Balaban J connectivity index is 1.16. The minimum absolute atomic E-state index is 0.00448. The lowest BCUT2D eigenvalue weighted by atomic mass is 9.48. The van der Waals surface area contributed by atoms with Gasteiger partial charge >= 0.3 is 0 Å². The zero-order valence-corrected chi connectivity index (χ0v) is 23.6. The first-order valence-electron chi connectivity index (χ1n) is 15.6. The van der Waals surface area contributed by atoms with Crippen LogP contribution in [0, 0.1) is 5.92 Å². The third-order valence-electron chi connectivity index (χ3n) is 11.3. The number of rotatable bonds is 6. The third-order valence-corrected chi connectivity index (χ3v) is 11.3. The number of fused-ring (bicyclic) bond motifs is 1. The van der Waals surface area contributed by atoms with Crippen molar-refractivity contribution in [3.8, 4) is 11.5 Å². The highest BCUT2D eigenvalue weighted by molar-refractivity contribution is 5.99. The Morgan fingerprint density at radius 2 is 1.79 bits per heavy atom. The fraction of sp³-hybridized carbons (Fsp3) is 0.457. The molecule has 3 fully saturated rings. The molecule has 7 nitrogen and oxygen atoms in total. The molecule has 3 aromatic carbocycles. The van der Waals surface area contributed by atoms with Gasteiger partial charge in [0, 0.05) is 29.3 Å². The zero-order chi connectivity index (χ0) is 28.2. The normalized spacial score (nSPS) is 34.1. The first kappa shape index (κ1) is 25.1. The molecule has 7 heteroatoms. The average Bonchev–Trinajstić information content (AvgIpc) is 3.70. The van der Waals surface area contributed by atoms with E-state index in [9.17, 15) is 15.0 Å². The maximum atomic E-state index is 13.8. The van der Waals surface area contributed by atoms with Gasteiger partial charge in [-0.15, -0.1) is 0 Å². The summed E-state index contributed by atoms with van der Waals surface area (Å²) < 4.78 is 13.4. The van der Waals surface area contributed by atoms with E-state index in [0.717, 1.165) is 43.0 Å². The summed E-state index contributed by atoms with van der Waals surface area (Å²) in [6, 6.07) is 21.3. The third kappa shape index (κ3) is 3.24. The molecule has 2 N–H and O–H groups in total.